The first-order chi connectivity index (χ1) is 12.6. The zero-order valence-electron chi connectivity index (χ0n) is 14.2. The van der Waals surface area contributed by atoms with Crippen molar-refractivity contribution in [1.29, 1.82) is 0 Å². The standard InChI is InChI=1S/C17H15ClF4N4O/c1-10-23-14(9-15(24-10)17(20,21)22)16(27)26-6-4-25(5-7-26)11-2-3-13(19)12(18)8-11/h2-3,8-9H,4-7H2,1H3. The van der Waals surface area contributed by atoms with Crippen LogP contribution >= 0.6 is 11.6 Å². The molecule has 1 amide bonds. The van der Waals surface area contributed by atoms with Crippen molar-refractivity contribution in [2.45, 2.75) is 13.1 Å². The largest absolute Gasteiger partial charge is 0.433 e. The molecule has 0 unspecified atom stereocenters. The second kappa shape index (κ2) is 7.30. The fourth-order valence-corrected chi connectivity index (χ4v) is 3.01. The minimum Gasteiger partial charge on any atom is -0.368 e. The van der Waals surface area contributed by atoms with Gasteiger partial charge in [0.15, 0.2) is 0 Å². The van der Waals surface area contributed by atoms with Crippen molar-refractivity contribution in [3.63, 3.8) is 0 Å². The van der Waals surface area contributed by atoms with Crippen molar-refractivity contribution in [3.05, 3.63) is 52.3 Å². The third kappa shape index (κ3) is 4.29. The zero-order valence-corrected chi connectivity index (χ0v) is 15.0. The molecule has 144 valence electrons. The topological polar surface area (TPSA) is 49.3 Å². The van der Waals surface area contributed by atoms with Gasteiger partial charge in [0, 0.05) is 37.9 Å². The Balaban J connectivity index is 1.72. The Labute approximate surface area is 157 Å². The maximum atomic E-state index is 13.3. The van der Waals surface area contributed by atoms with Crippen molar-refractivity contribution < 1.29 is 22.4 Å². The molecule has 0 radical (unpaired) electrons. The fourth-order valence-electron chi connectivity index (χ4n) is 2.83. The Morgan fingerprint density at radius 2 is 1.78 bits per heavy atom. The highest BCUT2D eigenvalue weighted by atomic mass is 35.5. The summed E-state index contributed by atoms with van der Waals surface area (Å²) in [6, 6.07) is 5.01. The van der Waals surface area contributed by atoms with Gasteiger partial charge in [-0.3, -0.25) is 4.79 Å². The second-order valence-electron chi connectivity index (χ2n) is 6.06. The van der Waals surface area contributed by atoms with Gasteiger partial charge in [-0.15, -0.1) is 0 Å². The van der Waals surface area contributed by atoms with Gasteiger partial charge in [-0.25, -0.2) is 14.4 Å². The second-order valence-corrected chi connectivity index (χ2v) is 6.47. The average Bonchev–Trinajstić information content (AvgIpc) is 2.62. The maximum Gasteiger partial charge on any atom is 0.433 e. The van der Waals surface area contributed by atoms with Gasteiger partial charge in [0.1, 0.15) is 23.0 Å². The van der Waals surface area contributed by atoms with Crippen molar-refractivity contribution in [1.82, 2.24) is 14.9 Å². The van der Waals surface area contributed by atoms with Crippen LogP contribution in [0.4, 0.5) is 23.2 Å². The number of aryl methyl sites for hydroxylation is 1. The minimum atomic E-state index is -4.65. The Kier molecular flexibility index (Phi) is 5.23. The molecule has 0 atom stereocenters. The number of anilines is 1. The lowest BCUT2D eigenvalue weighted by molar-refractivity contribution is -0.141. The summed E-state index contributed by atoms with van der Waals surface area (Å²) in [6.45, 7) is 2.76. The molecule has 10 heteroatoms. The molecule has 1 saturated heterocycles. The van der Waals surface area contributed by atoms with Crippen LogP contribution in [0.1, 0.15) is 22.0 Å². The van der Waals surface area contributed by atoms with Crippen LogP contribution in [0.15, 0.2) is 24.3 Å². The molecule has 0 saturated carbocycles. The molecule has 1 aromatic heterocycles. The summed E-state index contributed by atoms with van der Waals surface area (Å²) in [7, 11) is 0. The van der Waals surface area contributed by atoms with Crippen LogP contribution in [-0.4, -0.2) is 47.0 Å². The summed E-state index contributed by atoms with van der Waals surface area (Å²) < 4.78 is 52.0. The first kappa shape index (κ1) is 19.3. The third-order valence-electron chi connectivity index (χ3n) is 4.18. The van der Waals surface area contributed by atoms with Crippen LogP contribution in [0.25, 0.3) is 0 Å². The van der Waals surface area contributed by atoms with E-state index in [4.69, 9.17) is 11.6 Å². The van der Waals surface area contributed by atoms with E-state index in [1.807, 2.05) is 4.90 Å². The molecule has 0 spiro atoms. The molecule has 2 heterocycles. The maximum absolute atomic E-state index is 13.3. The van der Waals surface area contributed by atoms with E-state index in [0.29, 0.717) is 24.8 Å². The highest BCUT2D eigenvalue weighted by molar-refractivity contribution is 6.31. The van der Waals surface area contributed by atoms with E-state index in [1.54, 1.807) is 6.07 Å². The highest BCUT2D eigenvalue weighted by Gasteiger charge is 2.34. The summed E-state index contributed by atoms with van der Waals surface area (Å²) in [5.74, 6) is -1.22. The number of carbonyl (C=O) groups excluding carboxylic acids is 1. The van der Waals surface area contributed by atoms with Crippen LogP contribution in [0.2, 0.25) is 5.02 Å². The fraction of sp³-hybridized carbons (Fsp3) is 0.353. The predicted octanol–water partition coefficient (Wildman–Crippen LogP) is 3.56. The quantitative estimate of drug-likeness (QED) is 0.721. The van der Waals surface area contributed by atoms with E-state index >= 15 is 0 Å². The van der Waals surface area contributed by atoms with E-state index in [1.165, 1.54) is 24.0 Å². The Bertz CT molecular complexity index is 866. The lowest BCUT2D eigenvalue weighted by Gasteiger charge is -2.36. The van der Waals surface area contributed by atoms with Gasteiger partial charge in [-0.2, -0.15) is 13.2 Å². The number of benzene rings is 1. The Morgan fingerprint density at radius 1 is 1.11 bits per heavy atom. The third-order valence-corrected chi connectivity index (χ3v) is 4.47. The molecular weight excluding hydrogens is 388 g/mol. The summed E-state index contributed by atoms with van der Waals surface area (Å²) in [5.41, 5.74) is -0.711. The zero-order chi connectivity index (χ0) is 19.8. The van der Waals surface area contributed by atoms with Gasteiger partial charge in [0.25, 0.3) is 5.91 Å². The van der Waals surface area contributed by atoms with Crippen molar-refractivity contribution in [3.8, 4) is 0 Å². The number of alkyl halides is 3. The van der Waals surface area contributed by atoms with Gasteiger partial charge in [0.2, 0.25) is 0 Å². The highest BCUT2D eigenvalue weighted by Crippen LogP contribution is 2.28. The molecule has 5 nitrogen and oxygen atoms in total. The van der Waals surface area contributed by atoms with Crippen LogP contribution < -0.4 is 4.90 Å². The first-order valence-electron chi connectivity index (χ1n) is 8.07. The molecule has 0 N–H and O–H groups in total. The van der Waals surface area contributed by atoms with Gasteiger partial charge in [0.05, 0.1) is 5.02 Å². The average molecular weight is 403 g/mol. The predicted molar refractivity (Wildman–Crippen MR) is 91.3 cm³/mol. The minimum absolute atomic E-state index is 0.00199. The number of halogens is 5. The van der Waals surface area contributed by atoms with E-state index in [0.717, 1.165) is 0 Å². The normalized spacial score (nSPS) is 15.2. The number of piperazine rings is 1. The number of hydrogen-bond donors (Lipinski definition) is 0. The van der Waals surface area contributed by atoms with E-state index in [2.05, 4.69) is 9.97 Å². The Morgan fingerprint density at radius 3 is 2.37 bits per heavy atom. The van der Waals surface area contributed by atoms with Crippen molar-refractivity contribution in [2.24, 2.45) is 0 Å². The molecule has 1 fully saturated rings. The smallest absolute Gasteiger partial charge is 0.368 e. The first-order valence-corrected chi connectivity index (χ1v) is 8.45. The van der Waals surface area contributed by atoms with Gasteiger partial charge < -0.3 is 9.80 Å². The lowest BCUT2D eigenvalue weighted by Crippen LogP contribution is -2.49. The van der Waals surface area contributed by atoms with Gasteiger partial charge in [-0.1, -0.05) is 11.6 Å². The molecule has 1 aliphatic rings. The molecule has 27 heavy (non-hydrogen) atoms. The molecule has 2 aromatic rings. The summed E-state index contributed by atoms with van der Waals surface area (Å²) in [5, 5.41) is 0.00199. The van der Waals surface area contributed by atoms with Crippen molar-refractivity contribution in [2.75, 3.05) is 31.1 Å². The Hall–Kier alpha value is -2.42. The molecule has 1 aromatic carbocycles. The van der Waals surface area contributed by atoms with Crippen LogP contribution in [-0.2, 0) is 6.18 Å². The number of amides is 1. The van der Waals surface area contributed by atoms with E-state index in [9.17, 15) is 22.4 Å². The molecule has 1 aliphatic heterocycles. The number of carbonyl (C=O) groups is 1. The van der Waals surface area contributed by atoms with E-state index < -0.39 is 23.6 Å². The monoisotopic (exact) mass is 402 g/mol. The van der Waals surface area contributed by atoms with E-state index in [-0.39, 0.29) is 29.6 Å². The summed E-state index contributed by atoms with van der Waals surface area (Å²) in [6.07, 6.45) is -4.65. The lowest BCUT2D eigenvalue weighted by atomic mass is 10.2. The number of hydrogen-bond acceptors (Lipinski definition) is 4. The van der Waals surface area contributed by atoms with Gasteiger partial charge in [-0.05, 0) is 25.1 Å². The van der Waals surface area contributed by atoms with Crippen molar-refractivity contribution >= 4 is 23.2 Å². The number of rotatable bonds is 2. The molecular formula is C17H15ClF4N4O. The summed E-state index contributed by atoms with van der Waals surface area (Å²) in [4.78, 5) is 23.1. The van der Waals surface area contributed by atoms with Crippen LogP contribution in [0.5, 0.6) is 0 Å². The van der Waals surface area contributed by atoms with Gasteiger partial charge >= 0.3 is 6.18 Å². The van der Waals surface area contributed by atoms with Crippen LogP contribution in [0.3, 0.4) is 0 Å². The summed E-state index contributed by atoms with van der Waals surface area (Å²) >= 11 is 5.79. The number of nitrogens with zero attached hydrogens (tertiary/aromatic N) is 4. The molecule has 0 bridgehead atoms. The van der Waals surface area contributed by atoms with Crippen LogP contribution in [0, 0.1) is 12.7 Å². The SMILES string of the molecule is Cc1nc(C(=O)N2CCN(c3ccc(F)c(Cl)c3)CC2)cc(C(F)(F)F)n1. The molecule has 0 aliphatic carbocycles. The molecule has 3 rings (SSSR count). The number of aromatic nitrogens is 2.